The first kappa shape index (κ1) is 14.3. The molecule has 2 fully saturated rings. The SMILES string of the molecule is NC(=NO)c1cc(CN2CCCC2C2CCCC2)ccn1. The topological polar surface area (TPSA) is 74.7 Å². The molecule has 1 aromatic heterocycles. The molecule has 1 aliphatic heterocycles. The molecule has 0 radical (unpaired) electrons. The zero-order valence-corrected chi connectivity index (χ0v) is 12.4. The Labute approximate surface area is 125 Å². The summed E-state index contributed by atoms with van der Waals surface area (Å²) < 4.78 is 0. The van der Waals surface area contributed by atoms with Crippen LogP contribution < -0.4 is 5.73 Å². The van der Waals surface area contributed by atoms with Crippen LogP contribution in [0.5, 0.6) is 0 Å². The highest BCUT2D eigenvalue weighted by Crippen LogP contribution is 2.35. The van der Waals surface area contributed by atoms with Gasteiger partial charge in [0.25, 0.3) is 0 Å². The number of nitrogens with zero attached hydrogens (tertiary/aromatic N) is 3. The lowest BCUT2D eigenvalue weighted by atomic mass is 9.96. The molecule has 0 amide bonds. The molecule has 3 rings (SSSR count). The number of oxime groups is 1. The van der Waals surface area contributed by atoms with Crippen molar-refractivity contribution in [3.8, 4) is 0 Å². The number of pyridine rings is 1. The van der Waals surface area contributed by atoms with Gasteiger partial charge in [0.15, 0.2) is 5.84 Å². The fraction of sp³-hybridized carbons (Fsp3) is 0.625. The number of rotatable bonds is 4. The van der Waals surface area contributed by atoms with Crippen molar-refractivity contribution in [1.82, 2.24) is 9.88 Å². The molecule has 1 saturated carbocycles. The average Bonchev–Trinajstić information content (AvgIpc) is 3.17. The van der Waals surface area contributed by atoms with Crippen LogP contribution in [0.1, 0.15) is 49.8 Å². The lowest BCUT2D eigenvalue weighted by molar-refractivity contribution is 0.183. The van der Waals surface area contributed by atoms with Crippen molar-refractivity contribution < 1.29 is 5.21 Å². The van der Waals surface area contributed by atoms with E-state index < -0.39 is 0 Å². The zero-order valence-electron chi connectivity index (χ0n) is 12.4. The monoisotopic (exact) mass is 288 g/mol. The van der Waals surface area contributed by atoms with Gasteiger partial charge >= 0.3 is 0 Å². The predicted molar refractivity (Wildman–Crippen MR) is 82.1 cm³/mol. The van der Waals surface area contributed by atoms with E-state index in [1.165, 1.54) is 50.6 Å². The summed E-state index contributed by atoms with van der Waals surface area (Å²) in [5.41, 5.74) is 7.36. The Morgan fingerprint density at radius 2 is 2.14 bits per heavy atom. The Kier molecular flexibility index (Phi) is 4.39. The van der Waals surface area contributed by atoms with Gasteiger partial charge < -0.3 is 10.9 Å². The summed E-state index contributed by atoms with van der Waals surface area (Å²) in [6, 6.07) is 4.70. The number of likely N-dealkylation sites (tertiary alicyclic amines) is 1. The van der Waals surface area contributed by atoms with Crippen molar-refractivity contribution >= 4 is 5.84 Å². The quantitative estimate of drug-likeness (QED) is 0.386. The molecule has 5 nitrogen and oxygen atoms in total. The highest BCUT2D eigenvalue weighted by Gasteiger charge is 2.33. The predicted octanol–water partition coefficient (Wildman–Crippen LogP) is 2.33. The Hall–Kier alpha value is -1.62. The van der Waals surface area contributed by atoms with E-state index in [2.05, 4.69) is 15.0 Å². The van der Waals surface area contributed by atoms with Gasteiger partial charge in [-0.1, -0.05) is 18.0 Å². The molecule has 0 aromatic carbocycles. The van der Waals surface area contributed by atoms with Gasteiger partial charge in [-0.05, 0) is 55.8 Å². The minimum atomic E-state index is 0.0746. The molecule has 0 bridgehead atoms. The molecule has 2 aliphatic rings. The Morgan fingerprint density at radius 3 is 2.90 bits per heavy atom. The van der Waals surface area contributed by atoms with Crippen LogP contribution in [0, 0.1) is 5.92 Å². The Morgan fingerprint density at radius 1 is 1.33 bits per heavy atom. The van der Waals surface area contributed by atoms with E-state index in [0.717, 1.165) is 18.5 Å². The van der Waals surface area contributed by atoms with Crippen LogP contribution in [-0.2, 0) is 6.54 Å². The maximum atomic E-state index is 8.76. The molecule has 3 N–H and O–H groups in total. The molecule has 2 heterocycles. The third-order valence-corrected chi connectivity index (χ3v) is 4.94. The Balaban J connectivity index is 1.70. The fourth-order valence-corrected chi connectivity index (χ4v) is 3.92. The van der Waals surface area contributed by atoms with Crippen molar-refractivity contribution in [2.75, 3.05) is 6.54 Å². The molecular formula is C16H24N4O. The van der Waals surface area contributed by atoms with Gasteiger partial charge in [0.2, 0.25) is 0 Å². The molecule has 1 unspecified atom stereocenters. The van der Waals surface area contributed by atoms with E-state index in [4.69, 9.17) is 10.9 Å². The molecule has 21 heavy (non-hydrogen) atoms. The van der Waals surface area contributed by atoms with Gasteiger partial charge in [-0.2, -0.15) is 0 Å². The van der Waals surface area contributed by atoms with Gasteiger partial charge in [0.1, 0.15) is 5.69 Å². The molecule has 1 saturated heterocycles. The number of hydrogen-bond acceptors (Lipinski definition) is 4. The molecule has 1 atom stereocenters. The van der Waals surface area contributed by atoms with Crippen molar-refractivity contribution in [3.05, 3.63) is 29.6 Å². The van der Waals surface area contributed by atoms with Crippen LogP contribution >= 0.6 is 0 Å². The van der Waals surface area contributed by atoms with Gasteiger partial charge in [0, 0.05) is 18.8 Å². The number of aromatic nitrogens is 1. The molecular weight excluding hydrogens is 264 g/mol. The average molecular weight is 288 g/mol. The summed E-state index contributed by atoms with van der Waals surface area (Å²) in [6.45, 7) is 2.12. The number of hydrogen-bond donors (Lipinski definition) is 2. The maximum absolute atomic E-state index is 8.76. The highest BCUT2D eigenvalue weighted by atomic mass is 16.4. The van der Waals surface area contributed by atoms with E-state index in [9.17, 15) is 0 Å². The Bertz CT molecular complexity index is 511. The second-order valence-corrected chi connectivity index (χ2v) is 6.26. The van der Waals surface area contributed by atoms with Crippen LogP contribution in [0.25, 0.3) is 0 Å². The van der Waals surface area contributed by atoms with E-state index in [0.29, 0.717) is 5.69 Å². The van der Waals surface area contributed by atoms with Crippen LogP contribution in [0.15, 0.2) is 23.5 Å². The van der Waals surface area contributed by atoms with Crippen molar-refractivity contribution in [1.29, 1.82) is 0 Å². The summed E-state index contributed by atoms with van der Waals surface area (Å²) in [5.74, 6) is 0.962. The van der Waals surface area contributed by atoms with Gasteiger partial charge in [-0.3, -0.25) is 9.88 Å². The van der Waals surface area contributed by atoms with Crippen LogP contribution in [-0.4, -0.2) is 33.5 Å². The largest absolute Gasteiger partial charge is 0.409 e. The lowest BCUT2D eigenvalue weighted by Gasteiger charge is -2.29. The molecule has 114 valence electrons. The summed E-state index contributed by atoms with van der Waals surface area (Å²) >= 11 is 0. The fourth-order valence-electron chi connectivity index (χ4n) is 3.92. The van der Waals surface area contributed by atoms with Gasteiger partial charge in [-0.25, -0.2) is 0 Å². The molecule has 1 aliphatic carbocycles. The minimum absolute atomic E-state index is 0.0746. The standard InChI is InChI=1S/C16H24N4O/c17-16(19-21)14-10-12(7-8-18-14)11-20-9-3-6-15(20)13-4-1-2-5-13/h7-8,10,13,15,21H,1-6,9,11H2,(H2,17,19). The van der Waals surface area contributed by atoms with Crippen LogP contribution in [0.3, 0.4) is 0 Å². The van der Waals surface area contributed by atoms with E-state index in [-0.39, 0.29) is 5.84 Å². The number of amidine groups is 1. The van der Waals surface area contributed by atoms with Crippen molar-refractivity contribution in [2.45, 2.75) is 51.1 Å². The van der Waals surface area contributed by atoms with E-state index in [1.54, 1.807) is 6.20 Å². The normalized spacial score (nSPS) is 24.8. The van der Waals surface area contributed by atoms with E-state index in [1.807, 2.05) is 12.1 Å². The molecule has 0 spiro atoms. The number of nitrogens with two attached hydrogens (primary N) is 1. The summed E-state index contributed by atoms with van der Waals surface area (Å²) in [6.07, 6.45) is 9.97. The van der Waals surface area contributed by atoms with Crippen LogP contribution in [0.2, 0.25) is 0 Å². The highest BCUT2D eigenvalue weighted by molar-refractivity contribution is 5.95. The first-order valence-electron chi connectivity index (χ1n) is 7.95. The first-order valence-corrected chi connectivity index (χ1v) is 7.95. The zero-order chi connectivity index (χ0) is 14.7. The third-order valence-electron chi connectivity index (χ3n) is 4.94. The third kappa shape index (κ3) is 3.18. The summed E-state index contributed by atoms with van der Waals surface area (Å²) in [4.78, 5) is 6.76. The van der Waals surface area contributed by atoms with Gasteiger partial charge in [-0.15, -0.1) is 0 Å². The van der Waals surface area contributed by atoms with E-state index >= 15 is 0 Å². The second-order valence-electron chi connectivity index (χ2n) is 6.26. The first-order chi connectivity index (χ1) is 10.3. The van der Waals surface area contributed by atoms with Crippen LogP contribution in [0.4, 0.5) is 0 Å². The second kappa shape index (κ2) is 6.43. The molecule has 1 aromatic rings. The maximum Gasteiger partial charge on any atom is 0.188 e. The molecule has 5 heteroatoms. The lowest BCUT2D eigenvalue weighted by Crippen LogP contribution is -2.34. The smallest absolute Gasteiger partial charge is 0.188 e. The van der Waals surface area contributed by atoms with Crippen molar-refractivity contribution in [2.24, 2.45) is 16.8 Å². The summed E-state index contributed by atoms with van der Waals surface area (Å²) in [5, 5.41) is 11.8. The van der Waals surface area contributed by atoms with Gasteiger partial charge in [0.05, 0.1) is 0 Å². The van der Waals surface area contributed by atoms with Crippen molar-refractivity contribution in [3.63, 3.8) is 0 Å². The minimum Gasteiger partial charge on any atom is -0.409 e. The summed E-state index contributed by atoms with van der Waals surface area (Å²) in [7, 11) is 0.